The quantitative estimate of drug-likeness (QED) is 0.878. The molecule has 1 aromatic heterocycles. The van der Waals surface area contributed by atoms with Crippen LogP contribution in [0.15, 0.2) is 36.5 Å². The van der Waals surface area contributed by atoms with Gasteiger partial charge in [0.25, 0.3) is 0 Å². The van der Waals surface area contributed by atoms with Gasteiger partial charge >= 0.3 is 0 Å². The van der Waals surface area contributed by atoms with Gasteiger partial charge in [-0.25, -0.2) is 0 Å². The minimum atomic E-state index is -0.442. The maximum absolute atomic E-state index is 10.6. The normalized spacial score (nSPS) is 25.4. The first-order valence-electron chi connectivity index (χ1n) is 10.4. The van der Waals surface area contributed by atoms with Gasteiger partial charge in [0, 0.05) is 43.8 Å². The van der Waals surface area contributed by atoms with Crippen LogP contribution in [0.4, 0.5) is 0 Å². The summed E-state index contributed by atoms with van der Waals surface area (Å²) in [4.78, 5) is 9.36. The molecule has 0 unspecified atom stereocenters. The van der Waals surface area contributed by atoms with Crippen LogP contribution in [-0.2, 0) is 0 Å². The van der Waals surface area contributed by atoms with Crippen LogP contribution in [0.2, 0.25) is 0 Å². The van der Waals surface area contributed by atoms with E-state index in [2.05, 4.69) is 14.8 Å². The van der Waals surface area contributed by atoms with Crippen molar-refractivity contribution in [3.63, 3.8) is 0 Å². The molecule has 2 fully saturated rings. The molecule has 0 amide bonds. The molecule has 27 heavy (non-hydrogen) atoms. The lowest BCUT2D eigenvalue weighted by Crippen LogP contribution is -2.50. The van der Waals surface area contributed by atoms with E-state index in [1.807, 2.05) is 30.3 Å². The van der Waals surface area contributed by atoms with Gasteiger partial charge < -0.3 is 14.7 Å². The van der Waals surface area contributed by atoms with Crippen LogP contribution in [0.3, 0.4) is 0 Å². The van der Waals surface area contributed by atoms with E-state index in [4.69, 9.17) is 4.74 Å². The van der Waals surface area contributed by atoms with Gasteiger partial charge in [-0.1, -0.05) is 18.9 Å². The first-order valence-corrected chi connectivity index (χ1v) is 10.4. The second kappa shape index (κ2) is 9.00. The molecule has 0 bridgehead atoms. The first-order chi connectivity index (χ1) is 13.3. The number of likely N-dealkylation sites (tertiary alicyclic amines) is 2. The predicted molar refractivity (Wildman–Crippen MR) is 108 cm³/mol. The fraction of sp³-hybridized carbons (Fsp3) is 0.591. The number of aliphatic hydroxyl groups excluding tert-OH is 1. The molecule has 2 aromatic rings. The molecule has 146 valence electrons. The molecule has 0 spiro atoms. The van der Waals surface area contributed by atoms with Crippen LogP contribution in [0.1, 0.15) is 32.1 Å². The Kier molecular flexibility index (Phi) is 6.22. The maximum atomic E-state index is 10.6. The average Bonchev–Trinajstić information content (AvgIpc) is 2.97. The number of piperidine rings is 1. The number of nitrogens with zero attached hydrogens (tertiary/aromatic N) is 3. The predicted octanol–water partition coefficient (Wildman–Crippen LogP) is 2.92. The van der Waals surface area contributed by atoms with Gasteiger partial charge in [-0.3, -0.25) is 9.88 Å². The summed E-state index contributed by atoms with van der Waals surface area (Å²) in [5.74, 6) is 0.795. The van der Waals surface area contributed by atoms with Crippen LogP contribution in [0.5, 0.6) is 5.75 Å². The highest BCUT2D eigenvalue weighted by atomic mass is 16.5. The number of β-amino-alcohol motifs (C(OH)–C–C–N with tert-alkyl or cyclic N) is 1. The van der Waals surface area contributed by atoms with Crippen molar-refractivity contribution >= 4 is 10.9 Å². The average molecular weight is 370 g/mol. The Bertz CT molecular complexity index is 730. The van der Waals surface area contributed by atoms with Gasteiger partial charge in [0.1, 0.15) is 18.0 Å². The number of ether oxygens (including phenoxy) is 1. The monoisotopic (exact) mass is 369 g/mol. The third kappa shape index (κ3) is 4.98. The van der Waals surface area contributed by atoms with Gasteiger partial charge in [-0.2, -0.15) is 0 Å². The Labute approximate surface area is 161 Å². The highest BCUT2D eigenvalue weighted by molar-refractivity contribution is 5.79. The molecule has 5 heteroatoms. The van der Waals surface area contributed by atoms with Crippen molar-refractivity contribution in [2.24, 2.45) is 0 Å². The number of aromatic nitrogens is 1. The minimum absolute atomic E-state index is 0.138. The third-order valence-electron chi connectivity index (χ3n) is 5.90. The molecule has 2 atom stereocenters. The van der Waals surface area contributed by atoms with Crippen LogP contribution in [-0.4, -0.2) is 71.4 Å². The molecule has 1 N–H and O–H groups in total. The smallest absolute Gasteiger partial charge is 0.127 e. The van der Waals surface area contributed by atoms with E-state index in [1.165, 1.54) is 38.8 Å². The Hall–Kier alpha value is -1.69. The number of aliphatic hydroxyl groups is 1. The lowest BCUT2D eigenvalue weighted by atomic mass is 10.0. The van der Waals surface area contributed by atoms with Crippen LogP contribution >= 0.6 is 0 Å². The van der Waals surface area contributed by atoms with E-state index < -0.39 is 6.10 Å². The standard InChI is InChI=1S/C22H31N3O2/c26-21-17-25(15-14-24-11-3-1-2-4-12-24)13-9-22(21)27-19-8-7-18-6-5-10-23-20(18)16-19/h5-8,10,16,21-22,26H,1-4,9,11-15,17H2/t21-,22-/m1/s1. The molecule has 0 radical (unpaired) electrons. The highest BCUT2D eigenvalue weighted by Gasteiger charge is 2.29. The van der Waals surface area contributed by atoms with Crippen molar-refractivity contribution in [2.45, 2.75) is 44.3 Å². The molecule has 0 aliphatic carbocycles. The zero-order valence-electron chi connectivity index (χ0n) is 16.1. The lowest BCUT2D eigenvalue weighted by molar-refractivity contribution is -0.0268. The Morgan fingerprint density at radius 3 is 2.63 bits per heavy atom. The van der Waals surface area contributed by atoms with Crippen molar-refractivity contribution < 1.29 is 9.84 Å². The maximum Gasteiger partial charge on any atom is 0.127 e. The number of rotatable bonds is 5. The van der Waals surface area contributed by atoms with Gasteiger partial charge in [0.15, 0.2) is 0 Å². The van der Waals surface area contributed by atoms with Crippen LogP contribution in [0, 0.1) is 0 Å². The molecular formula is C22H31N3O2. The molecule has 2 aliphatic rings. The molecule has 4 rings (SSSR count). The number of pyridine rings is 1. The second-order valence-corrected chi connectivity index (χ2v) is 7.93. The molecule has 0 saturated carbocycles. The molecule has 3 heterocycles. The van der Waals surface area contributed by atoms with Gasteiger partial charge in [-0.05, 0) is 50.6 Å². The van der Waals surface area contributed by atoms with E-state index in [0.29, 0.717) is 6.54 Å². The fourth-order valence-corrected chi connectivity index (χ4v) is 4.25. The molecular weight excluding hydrogens is 338 g/mol. The van der Waals surface area contributed by atoms with E-state index in [1.54, 1.807) is 6.20 Å². The summed E-state index contributed by atoms with van der Waals surface area (Å²) < 4.78 is 6.11. The minimum Gasteiger partial charge on any atom is -0.488 e. The van der Waals surface area contributed by atoms with Crippen molar-refractivity contribution in [3.8, 4) is 5.75 Å². The lowest BCUT2D eigenvalue weighted by Gasteiger charge is -2.36. The van der Waals surface area contributed by atoms with Gasteiger partial charge in [-0.15, -0.1) is 0 Å². The summed E-state index contributed by atoms with van der Waals surface area (Å²) in [5.41, 5.74) is 0.930. The van der Waals surface area contributed by atoms with Crippen LogP contribution in [0.25, 0.3) is 10.9 Å². The molecule has 5 nitrogen and oxygen atoms in total. The summed E-state index contributed by atoms with van der Waals surface area (Å²) in [6.07, 6.45) is 7.50. The second-order valence-electron chi connectivity index (χ2n) is 7.93. The third-order valence-corrected chi connectivity index (χ3v) is 5.90. The topological polar surface area (TPSA) is 48.8 Å². The van der Waals surface area contributed by atoms with E-state index in [-0.39, 0.29) is 6.10 Å². The molecule has 1 aromatic carbocycles. The van der Waals surface area contributed by atoms with E-state index >= 15 is 0 Å². The van der Waals surface area contributed by atoms with E-state index in [9.17, 15) is 5.11 Å². The molecule has 2 aliphatic heterocycles. The summed E-state index contributed by atoms with van der Waals surface area (Å²) in [5, 5.41) is 11.7. The van der Waals surface area contributed by atoms with Crippen molar-refractivity contribution in [1.82, 2.24) is 14.8 Å². The largest absolute Gasteiger partial charge is 0.488 e. The van der Waals surface area contributed by atoms with Crippen molar-refractivity contribution in [3.05, 3.63) is 36.5 Å². The van der Waals surface area contributed by atoms with Crippen LogP contribution < -0.4 is 4.74 Å². The SMILES string of the molecule is O[C@@H]1CN(CCN2CCCCCC2)CC[C@H]1Oc1ccc2cccnc2c1. The Morgan fingerprint density at radius 1 is 1.00 bits per heavy atom. The molecule has 2 saturated heterocycles. The highest BCUT2D eigenvalue weighted by Crippen LogP contribution is 2.23. The summed E-state index contributed by atoms with van der Waals surface area (Å²) in [6.45, 7) is 6.32. The zero-order valence-corrected chi connectivity index (χ0v) is 16.1. The van der Waals surface area contributed by atoms with Gasteiger partial charge in [0.2, 0.25) is 0 Å². The Balaban J connectivity index is 1.27. The van der Waals surface area contributed by atoms with Gasteiger partial charge in [0.05, 0.1) is 5.52 Å². The number of hydrogen-bond donors (Lipinski definition) is 1. The number of hydrogen-bond acceptors (Lipinski definition) is 5. The first kappa shape index (κ1) is 18.7. The fourth-order valence-electron chi connectivity index (χ4n) is 4.25. The summed E-state index contributed by atoms with van der Waals surface area (Å²) >= 11 is 0. The summed E-state index contributed by atoms with van der Waals surface area (Å²) in [6, 6.07) is 9.95. The Morgan fingerprint density at radius 2 is 1.81 bits per heavy atom. The zero-order chi connectivity index (χ0) is 18.5. The number of fused-ring (bicyclic) bond motifs is 1. The van der Waals surface area contributed by atoms with E-state index in [0.717, 1.165) is 42.7 Å². The number of benzene rings is 1. The van der Waals surface area contributed by atoms with Crippen molar-refractivity contribution in [2.75, 3.05) is 39.3 Å². The summed E-state index contributed by atoms with van der Waals surface area (Å²) in [7, 11) is 0. The van der Waals surface area contributed by atoms with Crippen molar-refractivity contribution in [1.29, 1.82) is 0 Å².